The number of ether oxygens (including phenoxy) is 1. The lowest BCUT2D eigenvalue weighted by molar-refractivity contribution is 0.0603. The summed E-state index contributed by atoms with van der Waals surface area (Å²) in [6.07, 6.45) is 1.52. The normalized spacial score (nSPS) is 10.4. The highest BCUT2D eigenvalue weighted by molar-refractivity contribution is 6.03. The highest BCUT2D eigenvalue weighted by Crippen LogP contribution is 2.22. The Bertz CT molecular complexity index is 487. The number of aromatic nitrogens is 1. The molecule has 0 N–H and O–H groups in total. The summed E-state index contributed by atoms with van der Waals surface area (Å²) in [6, 6.07) is 3.51. The van der Waals surface area contributed by atoms with E-state index in [2.05, 4.69) is 9.89 Å². The highest BCUT2D eigenvalue weighted by atomic mass is 16.5. The lowest BCUT2D eigenvalue weighted by Gasteiger charge is -2.00. The van der Waals surface area contributed by atoms with E-state index in [0.717, 1.165) is 5.56 Å². The molecule has 2 aromatic rings. The number of hydrogen-bond acceptors (Lipinski definition) is 4. The summed E-state index contributed by atoms with van der Waals surface area (Å²) in [5, 5.41) is 4.35. The van der Waals surface area contributed by atoms with E-state index in [4.69, 9.17) is 4.52 Å². The van der Waals surface area contributed by atoms with Gasteiger partial charge in [0.15, 0.2) is 5.58 Å². The van der Waals surface area contributed by atoms with Crippen molar-refractivity contribution >= 4 is 16.9 Å². The molecule has 0 aliphatic rings. The van der Waals surface area contributed by atoms with Gasteiger partial charge in [-0.25, -0.2) is 4.79 Å². The van der Waals surface area contributed by atoms with Gasteiger partial charge >= 0.3 is 5.97 Å². The molecule has 1 aromatic heterocycles. The van der Waals surface area contributed by atoms with Gasteiger partial charge < -0.3 is 9.26 Å². The van der Waals surface area contributed by atoms with Crippen LogP contribution in [0.2, 0.25) is 0 Å². The average molecular weight is 191 g/mol. The van der Waals surface area contributed by atoms with Crippen LogP contribution in [0.25, 0.3) is 11.0 Å². The van der Waals surface area contributed by atoms with E-state index in [0.29, 0.717) is 16.5 Å². The van der Waals surface area contributed by atoms with Crippen LogP contribution in [-0.4, -0.2) is 18.2 Å². The number of methoxy groups -OCH3 is 1. The highest BCUT2D eigenvalue weighted by Gasteiger charge is 2.13. The minimum absolute atomic E-state index is 0.377. The zero-order chi connectivity index (χ0) is 10.1. The molecule has 0 amide bonds. The van der Waals surface area contributed by atoms with Crippen LogP contribution in [0.3, 0.4) is 0 Å². The van der Waals surface area contributed by atoms with Crippen molar-refractivity contribution in [1.29, 1.82) is 0 Å². The molecule has 4 nitrogen and oxygen atoms in total. The van der Waals surface area contributed by atoms with E-state index in [1.807, 2.05) is 6.92 Å². The molecule has 72 valence electrons. The Kier molecular flexibility index (Phi) is 1.96. The molecule has 0 saturated heterocycles. The van der Waals surface area contributed by atoms with Crippen molar-refractivity contribution in [3.63, 3.8) is 0 Å². The van der Waals surface area contributed by atoms with Gasteiger partial charge in [-0.2, -0.15) is 0 Å². The lowest BCUT2D eigenvalue weighted by Crippen LogP contribution is -2.01. The summed E-state index contributed by atoms with van der Waals surface area (Å²) in [5.74, 6) is -0.377. The first-order chi connectivity index (χ1) is 6.74. The van der Waals surface area contributed by atoms with Gasteiger partial charge in [-0.05, 0) is 18.6 Å². The van der Waals surface area contributed by atoms with Crippen LogP contribution in [0, 0.1) is 6.92 Å². The second-order valence-electron chi connectivity index (χ2n) is 2.99. The Balaban J connectivity index is 2.72. The van der Waals surface area contributed by atoms with Gasteiger partial charge in [0.25, 0.3) is 0 Å². The van der Waals surface area contributed by atoms with Crippen molar-refractivity contribution in [3.05, 3.63) is 29.5 Å². The molecule has 0 aliphatic heterocycles. The molecule has 1 heterocycles. The number of esters is 1. The molecular weight excluding hydrogens is 182 g/mol. The number of aryl methyl sites for hydroxylation is 1. The number of benzene rings is 1. The van der Waals surface area contributed by atoms with Crippen LogP contribution in [0.1, 0.15) is 15.9 Å². The lowest BCUT2D eigenvalue weighted by atomic mass is 10.1. The quantitative estimate of drug-likeness (QED) is 0.646. The summed E-state index contributed by atoms with van der Waals surface area (Å²) < 4.78 is 9.67. The zero-order valence-electron chi connectivity index (χ0n) is 7.90. The second kappa shape index (κ2) is 3.14. The zero-order valence-corrected chi connectivity index (χ0v) is 7.90. The molecule has 4 heteroatoms. The molecule has 0 unspecified atom stereocenters. The third kappa shape index (κ3) is 1.16. The Morgan fingerprint density at radius 3 is 3.00 bits per heavy atom. The van der Waals surface area contributed by atoms with E-state index in [-0.39, 0.29) is 5.97 Å². The maximum Gasteiger partial charge on any atom is 0.338 e. The van der Waals surface area contributed by atoms with Crippen molar-refractivity contribution in [3.8, 4) is 0 Å². The molecule has 0 spiro atoms. The second-order valence-corrected chi connectivity index (χ2v) is 2.99. The monoisotopic (exact) mass is 191 g/mol. The predicted octanol–water partition coefficient (Wildman–Crippen LogP) is 1.92. The van der Waals surface area contributed by atoms with Crippen LogP contribution in [0.15, 0.2) is 22.9 Å². The minimum Gasteiger partial charge on any atom is -0.465 e. The fourth-order valence-corrected chi connectivity index (χ4v) is 1.38. The Morgan fingerprint density at radius 2 is 2.29 bits per heavy atom. The molecule has 14 heavy (non-hydrogen) atoms. The molecule has 0 fully saturated rings. The van der Waals surface area contributed by atoms with Crippen molar-refractivity contribution in [2.75, 3.05) is 7.11 Å². The molecule has 0 saturated carbocycles. The van der Waals surface area contributed by atoms with E-state index in [1.54, 1.807) is 12.1 Å². The maximum atomic E-state index is 11.3. The topological polar surface area (TPSA) is 52.3 Å². The van der Waals surface area contributed by atoms with E-state index in [9.17, 15) is 4.79 Å². The first-order valence-corrected chi connectivity index (χ1v) is 4.16. The third-order valence-corrected chi connectivity index (χ3v) is 2.12. The average Bonchev–Trinajstić information content (AvgIpc) is 2.67. The van der Waals surface area contributed by atoms with Crippen molar-refractivity contribution in [2.24, 2.45) is 0 Å². The van der Waals surface area contributed by atoms with E-state index < -0.39 is 0 Å². The number of nitrogens with zero attached hydrogens (tertiary/aromatic N) is 1. The number of rotatable bonds is 1. The number of fused-ring (bicyclic) bond motifs is 1. The molecule has 0 radical (unpaired) electrons. The van der Waals surface area contributed by atoms with E-state index >= 15 is 0 Å². The third-order valence-electron chi connectivity index (χ3n) is 2.12. The standard InChI is InChI=1S/C10H9NO3/c1-6-3-4-7(10(12)13-2)8-5-11-14-9(6)8/h3-5H,1-2H3. The number of hydrogen-bond donors (Lipinski definition) is 0. The summed E-state index contributed by atoms with van der Waals surface area (Å²) >= 11 is 0. The summed E-state index contributed by atoms with van der Waals surface area (Å²) in [6.45, 7) is 1.90. The van der Waals surface area contributed by atoms with Gasteiger partial charge in [0.2, 0.25) is 0 Å². The maximum absolute atomic E-state index is 11.3. The largest absolute Gasteiger partial charge is 0.465 e. The first kappa shape index (κ1) is 8.74. The van der Waals surface area contributed by atoms with Crippen LogP contribution in [0.5, 0.6) is 0 Å². The first-order valence-electron chi connectivity index (χ1n) is 4.16. The van der Waals surface area contributed by atoms with Crippen LogP contribution >= 0.6 is 0 Å². The van der Waals surface area contributed by atoms with Gasteiger partial charge in [0.05, 0.1) is 24.3 Å². The summed E-state index contributed by atoms with van der Waals surface area (Å²) in [7, 11) is 1.35. The molecule has 0 aliphatic carbocycles. The van der Waals surface area contributed by atoms with Crippen LogP contribution < -0.4 is 0 Å². The molecular formula is C10H9NO3. The van der Waals surface area contributed by atoms with Gasteiger partial charge in [0.1, 0.15) is 0 Å². The van der Waals surface area contributed by atoms with E-state index in [1.165, 1.54) is 13.3 Å². The Morgan fingerprint density at radius 1 is 1.50 bits per heavy atom. The molecule has 0 atom stereocenters. The molecule has 0 bridgehead atoms. The van der Waals surface area contributed by atoms with Crippen molar-refractivity contribution in [2.45, 2.75) is 6.92 Å². The van der Waals surface area contributed by atoms with Crippen LogP contribution in [-0.2, 0) is 4.74 Å². The minimum atomic E-state index is -0.377. The van der Waals surface area contributed by atoms with Crippen molar-refractivity contribution < 1.29 is 14.1 Å². The Labute approximate surface area is 80.4 Å². The van der Waals surface area contributed by atoms with Gasteiger partial charge in [-0.3, -0.25) is 0 Å². The summed E-state index contributed by atoms with van der Waals surface area (Å²) in [4.78, 5) is 11.3. The van der Waals surface area contributed by atoms with Crippen molar-refractivity contribution in [1.82, 2.24) is 5.16 Å². The van der Waals surface area contributed by atoms with Gasteiger partial charge in [0, 0.05) is 0 Å². The van der Waals surface area contributed by atoms with Gasteiger partial charge in [-0.15, -0.1) is 0 Å². The molecule has 2 rings (SSSR count). The molecule has 1 aromatic carbocycles. The SMILES string of the molecule is COC(=O)c1ccc(C)c2oncc12. The predicted molar refractivity (Wildman–Crippen MR) is 50.1 cm³/mol. The smallest absolute Gasteiger partial charge is 0.338 e. The fraction of sp³-hybridized carbons (Fsp3) is 0.200. The fourth-order valence-electron chi connectivity index (χ4n) is 1.38. The van der Waals surface area contributed by atoms with Gasteiger partial charge in [-0.1, -0.05) is 11.2 Å². The summed E-state index contributed by atoms with van der Waals surface area (Å²) in [5.41, 5.74) is 2.06. The number of carbonyl (C=O) groups is 1. The number of carbonyl (C=O) groups excluding carboxylic acids is 1. The van der Waals surface area contributed by atoms with Crippen LogP contribution in [0.4, 0.5) is 0 Å². The Hall–Kier alpha value is -1.84.